The third kappa shape index (κ3) is 54.2. The van der Waals surface area contributed by atoms with Gasteiger partial charge in [0.2, 0.25) is 0 Å². The van der Waals surface area contributed by atoms with Crippen LogP contribution in [0.4, 0.5) is 0 Å². The number of phosphoric acid groups is 1. The van der Waals surface area contributed by atoms with E-state index in [9.17, 15) is 14.3 Å². The molecule has 9 heteroatoms. The molecule has 2 unspecified atom stereocenters. The molecular formula is C58H103NO7P+. The Morgan fingerprint density at radius 2 is 0.866 bits per heavy atom. The molecular weight excluding hydrogens is 854 g/mol. The van der Waals surface area contributed by atoms with Crippen LogP contribution in [0.2, 0.25) is 0 Å². The van der Waals surface area contributed by atoms with Crippen LogP contribution in [-0.2, 0) is 27.9 Å². The Bertz CT molecular complexity index is 1390. The maximum atomic E-state index is 12.8. The van der Waals surface area contributed by atoms with Crippen LogP contribution in [0, 0.1) is 0 Å². The molecule has 0 fully saturated rings. The predicted molar refractivity (Wildman–Crippen MR) is 288 cm³/mol. The number of rotatable bonds is 49. The van der Waals surface area contributed by atoms with Crippen LogP contribution < -0.4 is 0 Å². The summed E-state index contributed by atoms with van der Waals surface area (Å²) < 4.78 is 35.2. The Morgan fingerprint density at radius 1 is 0.478 bits per heavy atom. The summed E-state index contributed by atoms with van der Waals surface area (Å²) in [4.78, 5) is 23.0. The van der Waals surface area contributed by atoms with E-state index in [1.54, 1.807) is 0 Å². The second-order valence-electron chi connectivity index (χ2n) is 18.9. The molecule has 0 saturated carbocycles. The van der Waals surface area contributed by atoms with Crippen molar-refractivity contribution in [3.63, 3.8) is 0 Å². The van der Waals surface area contributed by atoms with Crippen LogP contribution >= 0.6 is 7.82 Å². The van der Waals surface area contributed by atoms with Gasteiger partial charge in [-0.2, -0.15) is 0 Å². The molecule has 0 aromatic heterocycles. The minimum Gasteiger partial charge on any atom is -0.457 e. The number of phosphoric ester groups is 1. The molecule has 0 aliphatic carbocycles. The summed E-state index contributed by atoms with van der Waals surface area (Å²) in [5, 5.41) is 0. The van der Waals surface area contributed by atoms with Crippen molar-refractivity contribution in [3.8, 4) is 0 Å². The molecule has 0 aliphatic heterocycles. The quantitative estimate of drug-likeness (QED) is 0.0213. The van der Waals surface area contributed by atoms with Gasteiger partial charge in [0.15, 0.2) is 0 Å². The van der Waals surface area contributed by atoms with E-state index in [4.69, 9.17) is 18.5 Å². The molecule has 0 bridgehead atoms. The van der Waals surface area contributed by atoms with E-state index in [1.807, 2.05) is 21.1 Å². The largest absolute Gasteiger partial charge is 0.472 e. The highest BCUT2D eigenvalue weighted by atomic mass is 31.2. The average molecular weight is 957 g/mol. The van der Waals surface area contributed by atoms with Gasteiger partial charge in [0.25, 0.3) is 0 Å². The number of carbonyl (C=O) groups is 1. The van der Waals surface area contributed by atoms with E-state index in [-0.39, 0.29) is 25.8 Å². The molecule has 0 amide bonds. The van der Waals surface area contributed by atoms with E-state index in [2.05, 4.69) is 111 Å². The van der Waals surface area contributed by atoms with Gasteiger partial charge in [0, 0.05) is 13.0 Å². The highest BCUT2D eigenvalue weighted by molar-refractivity contribution is 7.47. The second-order valence-corrected chi connectivity index (χ2v) is 20.3. The Hall–Kier alpha value is -2.58. The molecule has 67 heavy (non-hydrogen) atoms. The predicted octanol–water partition coefficient (Wildman–Crippen LogP) is 16.9. The monoisotopic (exact) mass is 957 g/mol. The number of esters is 1. The van der Waals surface area contributed by atoms with Crippen LogP contribution in [-0.4, -0.2) is 75.6 Å². The van der Waals surface area contributed by atoms with Gasteiger partial charge < -0.3 is 18.9 Å². The van der Waals surface area contributed by atoms with Gasteiger partial charge in [-0.05, 0) is 96.3 Å². The summed E-state index contributed by atoms with van der Waals surface area (Å²) >= 11 is 0. The van der Waals surface area contributed by atoms with Crippen LogP contribution in [0.5, 0.6) is 0 Å². The molecule has 1 N–H and O–H groups in total. The third-order valence-electron chi connectivity index (χ3n) is 11.1. The Balaban J connectivity index is 4.16. The van der Waals surface area contributed by atoms with Crippen molar-refractivity contribution in [2.45, 2.75) is 213 Å². The van der Waals surface area contributed by atoms with Gasteiger partial charge >= 0.3 is 13.8 Å². The fourth-order valence-corrected chi connectivity index (χ4v) is 7.74. The minimum absolute atomic E-state index is 0.0799. The third-order valence-corrected chi connectivity index (χ3v) is 12.1. The standard InChI is InChI=1S/C58H102NO7P/c1-6-8-10-12-14-16-18-20-22-24-26-27-28-29-30-31-32-34-36-38-40-42-44-46-48-50-53-63-55-57(56-65-67(61,62)64-54-52-59(3,4)5)66-58(60)51-49-47-45-43-41-39-37-35-33-25-23-21-19-17-15-13-11-9-7-2/h8,10,14-17,20-23,26-27,29-30,33,35,57H,6-7,9,11-13,18-19,24-25,28,31-32,34,36-56H2,1-5H3/p+1/b10-8-,16-14-,17-15-,22-20-,23-21-,27-26-,30-29-,35-33-. The minimum atomic E-state index is -4.29. The highest BCUT2D eigenvalue weighted by Gasteiger charge is 2.26. The van der Waals surface area contributed by atoms with Crippen LogP contribution in [0.1, 0.15) is 206 Å². The van der Waals surface area contributed by atoms with Crippen LogP contribution in [0.15, 0.2) is 97.2 Å². The highest BCUT2D eigenvalue weighted by Crippen LogP contribution is 2.43. The first kappa shape index (κ1) is 64.4. The summed E-state index contributed by atoms with van der Waals surface area (Å²) in [5.74, 6) is -0.330. The molecule has 0 aromatic carbocycles. The van der Waals surface area contributed by atoms with E-state index in [0.29, 0.717) is 24.1 Å². The lowest BCUT2D eigenvalue weighted by Gasteiger charge is -2.24. The van der Waals surface area contributed by atoms with Crippen LogP contribution in [0.3, 0.4) is 0 Å². The number of unbranched alkanes of at least 4 members (excludes halogenated alkanes) is 19. The van der Waals surface area contributed by atoms with Crippen molar-refractivity contribution in [1.29, 1.82) is 0 Å². The molecule has 0 aromatic rings. The molecule has 0 aliphatic rings. The first-order chi connectivity index (χ1) is 32.6. The number of nitrogens with zero attached hydrogens (tertiary/aromatic N) is 1. The maximum Gasteiger partial charge on any atom is 0.472 e. The first-order valence-corrected chi connectivity index (χ1v) is 28.5. The SMILES string of the molecule is CC/C=C\C/C=C\C/C=C\C/C=C\C/C=C\CCCCCCCCCCCCOCC(COP(=O)(O)OCC[N+](C)(C)C)OC(=O)CCCCCCCC/C=C\C/C=C\C/C=C\CCCCC. The van der Waals surface area contributed by atoms with Crippen molar-refractivity contribution in [1.82, 2.24) is 0 Å². The fourth-order valence-electron chi connectivity index (χ4n) is 7.00. The Labute approximate surface area is 413 Å². The number of hydrogen-bond acceptors (Lipinski definition) is 6. The molecule has 0 spiro atoms. The van der Waals surface area contributed by atoms with Crippen molar-refractivity contribution < 1.29 is 37.3 Å². The van der Waals surface area contributed by atoms with E-state index in [1.165, 1.54) is 96.3 Å². The van der Waals surface area contributed by atoms with Gasteiger partial charge in [0.1, 0.15) is 19.3 Å². The van der Waals surface area contributed by atoms with Crippen molar-refractivity contribution in [2.75, 3.05) is 54.1 Å². The summed E-state index contributed by atoms with van der Waals surface area (Å²) in [6.07, 6.45) is 68.8. The topological polar surface area (TPSA) is 91.3 Å². The number of likely N-dealkylation sites (N-methyl/N-ethyl adjacent to an activating group) is 1. The van der Waals surface area contributed by atoms with Gasteiger partial charge in [-0.15, -0.1) is 0 Å². The maximum absolute atomic E-state index is 12.8. The summed E-state index contributed by atoms with van der Waals surface area (Å²) in [5.41, 5.74) is 0. The van der Waals surface area contributed by atoms with Crippen molar-refractivity contribution in [2.24, 2.45) is 0 Å². The number of quaternary nitrogens is 1. The van der Waals surface area contributed by atoms with Gasteiger partial charge in [-0.3, -0.25) is 13.8 Å². The lowest BCUT2D eigenvalue weighted by atomic mass is 10.1. The molecule has 0 radical (unpaired) electrons. The lowest BCUT2D eigenvalue weighted by Crippen LogP contribution is -2.37. The molecule has 8 nitrogen and oxygen atoms in total. The summed E-state index contributed by atoms with van der Waals surface area (Å²) in [7, 11) is 1.64. The molecule has 0 rings (SSSR count). The van der Waals surface area contributed by atoms with Crippen LogP contribution in [0.25, 0.3) is 0 Å². The zero-order valence-electron chi connectivity index (χ0n) is 43.9. The summed E-state index contributed by atoms with van der Waals surface area (Å²) in [6, 6.07) is 0. The first-order valence-electron chi connectivity index (χ1n) is 27.0. The van der Waals surface area contributed by atoms with E-state index in [0.717, 1.165) is 89.9 Å². The Morgan fingerprint density at radius 3 is 1.30 bits per heavy atom. The second kappa shape index (κ2) is 49.8. The van der Waals surface area contributed by atoms with Gasteiger partial charge in [0.05, 0.1) is 34.4 Å². The number of carbonyl (C=O) groups excluding carboxylic acids is 1. The molecule has 0 saturated heterocycles. The average Bonchev–Trinajstić information content (AvgIpc) is 3.29. The van der Waals surface area contributed by atoms with Gasteiger partial charge in [-0.1, -0.05) is 201 Å². The molecule has 2 atom stereocenters. The summed E-state index contributed by atoms with van der Waals surface area (Å²) in [6.45, 7) is 5.45. The lowest BCUT2D eigenvalue weighted by molar-refractivity contribution is -0.870. The molecule has 386 valence electrons. The van der Waals surface area contributed by atoms with E-state index >= 15 is 0 Å². The normalized spacial score (nSPS) is 14.3. The smallest absolute Gasteiger partial charge is 0.457 e. The number of ether oxygens (including phenoxy) is 2. The fraction of sp³-hybridized carbons (Fsp3) is 0.707. The van der Waals surface area contributed by atoms with E-state index < -0.39 is 13.9 Å². The zero-order valence-corrected chi connectivity index (χ0v) is 44.7. The van der Waals surface area contributed by atoms with Crippen molar-refractivity contribution >= 4 is 13.8 Å². The Kier molecular flexibility index (Phi) is 47.9. The van der Waals surface area contributed by atoms with Crippen molar-refractivity contribution in [3.05, 3.63) is 97.2 Å². The zero-order chi connectivity index (χ0) is 49.0. The number of allylic oxidation sites excluding steroid dienone is 16. The number of hydrogen-bond donors (Lipinski definition) is 1. The van der Waals surface area contributed by atoms with Gasteiger partial charge in [-0.25, -0.2) is 4.57 Å². The molecule has 0 heterocycles.